The van der Waals surface area contributed by atoms with Gasteiger partial charge in [0.2, 0.25) is 0 Å². The molecule has 0 aliphatic carbocycles. The van der Waals surface area contributed by atoms with Crippen LogP contribution in [0, 0.1) is 6.92 Å². The summed E-state index contributed by atoms with van der Waals surface area (Å²) in [6, 6.07) is 6.00. The monoisotopic (exact) mass is 220 g/mol. The first-order valence-corrected chi connectivity index (χ1v) is 5.82. The molecule has 2 rings (SSSR count). The largest absolute Gasteiger partial charge is 0.397 e. The predicted octanol–water partition coefficient (Wildman–Crippen LogP) is 1.93. The minimum absolute atomic E-state index is 0.506. The van der Waals surface area contributed by atoms with Gasteiger partial charge >= 0.3 is 0 Å². The van der Waals surface area contributed by atoms with Gasteiger partial charge in [0.25, 0.3) is 0 Å². The van der Waals surface area contributed by atoms with E-state index in [1.807, 2.05) is 19.1 Å². The van der Waals surface area contributed by atoms with E-state index in [1.165, 1.54) is 5.56 Å². The third-order valence-corrected chi connectivity index (χ3v) is 3.43. The molecule has 1 aliphatic heterocycles. The van der Waals surface area contributed by atoms with Gasteiger partial charge in [0, 0.05) is 13.1 Å². The normalized spacial score (nSPS) is 19.8. The third-order valence-electron chi connectivity index (χ3n) is 3.43. The molecule has 0 spiro atoms. The fraction of sp³-hybridized carbons (Fsp3) is 0.538. The van der Waals surface area contributed by atoms with Crippen molar-refractivity contribution in [3.63, 3.8) is 0 Å². The van der Waals surface area contributed by atoms with E-state index in [2.05, 4.69) is 17.9 Å². The zero-order valence-electron chi connectivity index (χ0n) is 10.0. The molecule has 1 saturated heterocycles. The van der Waals surface area contributed by atoms with Gasteiger partial charge in [0.05, 0.1) is 17.0 Å². The maximum Gasteiger partial charge on any atom is 0.0653 e. The molecule has 0 radical (unpaired) electrons. The zero-order chi connectivity index (χ0) is 11.8. The highest BCUT2D eigenvalue weighted by atomic mass is 16.3. The van der Waals surface area contributed by atoms with Gasteiger partial charge in [0.1, 0.15) is 0 Å². The minimum Gasteiger partial charge on any atom is -0.397 e. The lowest BCUT2D eigenvalue weighted by atomic mass is 9.93. The molecule has 1 heterocycles. The highest BCUT2D eigenvalue weighted by Gasteiger charge is 2.28. The predicted molar refractivity (Wildman–Crippen MR) is 67.7 cm³/mol. The van der Waals surface area contributed by atoms with Crippen LogP contribution in [0.5, 0.6) is 0 Å². The summed E-state index contributed by atoms with van der Waals surface area (Å²) in [7, 11) is 0. The highest BCUT2D eigenvalue weighted by Crippen LogP contribution is 2.32. The Morgan fingerprint density at radius 3 is 2.50 bits per heavy atom. The molecule has 0 bridgehead atoms. The zero-order valence-corrected chi connectivity index (χ0v) is 10.0. The second-order valence-electron chi connectivity index (χ2n) is 5.00. The fourth-order valence-corrected chi connectivity index (χ4v) is 2.33. The second kappa shape index (κ2) is 3.98. The molecule has 0 aromatic heterocycles. The van der Waals surface area contributed by atoms with Crippen molar-refractivity contribution in [2.75, 3.05) is 23.7 Å². The summed E-state index contributed by atoms with van der Waals surface area (Å²) in [5.41, 5.74) is 8.69. The number of benzene rings is 1. The number of piperidine rings is 1. The van der Waals surface area contributed by atoms with Crippen molar-refractivity contribution >= 4 is 11.4 Å². The van der Waals surface area contributed by atoms with E-state index in [4.69, 9.17) is 5.73 Å². The summed E-state index contributed by atoms with van der Waals surface area (Å²) in [5.74, 6) is 0. The Morgan fingerprint density at radius 2 is 1.94 bits per heavy atom. The number of nitrogens with two attached hydrogens (primary N) is 1. The average molecular weight is 220 g/mol. The summed E-state index contributed by atoms with van der Waals surface area (Å²) < 4.78 is 0. The van der Waals surface area contributed by atoms with Gasteiger partial charge in [-0.3, -0.25) is 0 Å². The molecule has 3 nitrogen and oxygen atoms in total. The molecular formula is C13H20N2O. The van der Waals surface area contributed by atoms with E-state index >= 15 is 0 Å². The molecule has 3 N–H and O–H groups in total. The van der Waals surface area contributed by atoms with Crippen LogP contribution < -0.4 is 10.6 Å². The summed E-state index contributed by atoms with van der Waals surface area (Å²) in [4.78, 5) is 2.28. The lowest BCUT2D eigenvalue weighted by Crippen LogP contribution is -2.42. The molecule has 1 aromatic rings. The molecule has 0 atom stereocenters. The van der Waals surface area contributed by atoms with Crippen LogP contribution in [-0.2, 0) is 0 Å². The first kappa shape index (κ1) is 11.3. The van der Waals surface area contributed by atoms with E-state index in [-0.39, 0.29) is 0 Å². The Labute approximate surface area is 96.9 Å². The SMILES string of the molecule is Cc1cccc(N)c1N1CCC(C)(O)CC1. The van der Waals surface area contributed by atoms with Gasteiger partial charge in [-0.2, -0.15) is 0 Å². The highest BCUT2D eigenvalue weighted by molar-refractivity contribution is 5.71. The Bertz CT molecular complexity index is 357. The topological polar surface area (TPSA) is 49.5 Å². The molecule has 88 valence electrons. The van der Waals surface area contributed by atoms with Crippen LogP contribution in [0.3, 0.4) is 0 Å². The van der Waals surface area contributed by atoms with Crippen LogP contribution in [0.1, 0.15) is 25.3 Å². The van der Waals surface area contributed by atoms with E-state index in [0.717, 1.165) is 37.3 Å². The van der Waals surface area contributed by atoms with Crippen LogP contribution in [0.4, 0.5) is 11.4 Å². The number of hydrogen-bond donors (Lipinski definition) is 2. The number of rotatable bonds is 1. The average Bonchev–Trinajstić information content (AvgIpc) is 2.20. The van der Waals surface area contributed by atoms with Gasteiger partial charge < -0.3 is 15.7 Å². The standard InChI is InChI=1S/C13H20N2O/c1-10-4-3-5-11(14)12(10)15-8-6-13(2,16)7-9-15/h3-5,16H,6-9,14H2,1-2H3. The molecule has 0 unspecified atom stereocenters. The Hall–Kier alpha value is -1.22. The van der Waals surface area contributed by atoms with E-state index < -0.39 is 5.60 Å². The van der Waals surface area contributed by atoms with Gasteiger partial charge in [-0.15, -0.1) is 0 Å². The number of nitrogen functional groups attached to an aromatic ring is 1. The molecular weight excluding hydrogens is 200 g/mol. The molecule has 3 heteroatoms. The number of aryl methyl sites for hydroxylation is 1. The van der Waals surface area contributed by atoms with Gasteiger partial charge in [-0.05, 0) is 38.3 Å². The van der Waals surface area contributed by atoms with Crippen LogP contribution in [-0.4, -0.2) is 23.8 Å². The number of para-hydroxylation sites is 1. The minimum atomic E-state index is -0.506. The summed E-state index contributed by atoms with van der Waals surface area (Å²) in [5, 5.41) is 9.92. The van der Waals surface area contributed by atoms with Gasteiger partial charge in [-0.25, -0.2) is 0 Å². The van der Waals surface area contributed by atoms with Crippen LogP contribution >= 0.6 is 0 Å². The van der Waals surface area contributed by atoms with Gasteiger partial charge in [-0.1, -0.05) is 12.1 Å². The molecule has 0 amide bonds. The molecule has 1 aliphatic rings. The molecule has 0 saturated carbocycles. The third kappa shape index (κ3) is 2.14. The first-order chi connectivity index (χ1) is 7.49. The number of hydrogen-bond acceptors (Lipinski definition) is 3. The second-order valence-corrected chi connectivity index (χ2v) is 5.00. The maximum absolute atomic E-state index is 9.92. The van der Waals surface area contributed by atoms with Crippen molar-refractivity contribution in [3.05, 3.63) is 23.8 Å². The summed E-state index contributed by atoms with van der Waals surface area (Å²) in [6.45, 7) is 5.74. The summed E-state index contributed by atoms with van der Waals surface area (Å²) in [6.07, 6.45) is 1.61. The van der Waals surface area contributed by atoms with Crippen molar-refractivity contribution in [1.29, 1.82) is 0 Å². The van der Waals surface area contributed by atoms with Crippen LogP contribution in [0.2, 0.25) is 0 Å². The maximum atomic E-state index is 9.92. The fourth-order valence-electron chi connectivity index (χ4n) is 2.33. The van der Waals surface area contributed by atoms with Crippen LogP contribution in [0.15, 0.2) is 18.2 Å². The van der Waals surface area contributed by atoms with E-state index in [1.54, 1.807) is 0 Å². The Kier molecular flexibility index (Phi) is 2.80. The smallest absolute Gasteiger partial charge is 0.0653 e. The first-order valence-electron chi connectivity index (χ1n) is 5.82. The van der Waals surface area contributed by atoms with Crippen LogP contribution in [0.25, 0.3) is 0 Å². The number of anilines is 2. The molecule has 1 fully saturated rings. The van der Waals surface area contributed by atoms with Crippen molar-refractivity contribution in [2.45, 2.75) is 32.3 Å². The Morgan fingerprint density at radius 1 is 1.31 bits per heavy atom. The number of aliphatic hydroxyl groups is 1. The van der Waals surface area contributed by atoms with Crippen molar-refractivity contribution in [3.8, 4) is 0 Å². The van der Waals surface area contributed by atoms with Crippen molar-refractivity contribution in [2.24, 2.45) is 0 Å². The lowest BCUT2D eigenvalue weighted by Gasteiger charge is -2.38. The van der Waals surface area contributed by atoms with Crippen molar-refractivity contribution < 1.29 is 5.11 Å². The number of nitrogens with zero attached hydrogens (tertiary/aromatic N) is 1. The van der Waals surface area contributed by atoms with E-state index in [9.17, 15) is 5.11 Å². The summed E-state index contributed by atoms with van der Waals surface area (Å²) >= 11 is 0. The van der Waals surface area contributed by atoms with E-state index in [0.29, 0.717) is 0 Å². The van der Waals surface area contributed by atoms with Gasteiger partial charge in [0.15, 0.2) is 0 Å². The molecule has 16 heavy (non-hydrogen) atoms. The lowest BCUT2D eigenvalue weighted by molar-refractivity contribution is 0.0351. The van der Waals surface area contributed by atoms with Crippen molar-refractivity contribution in [1.82, 2.24) is 0 Å². The Balaban J connectivity index is 2.20. The quantitative estimate of drug-likeness (QED) is 0.711. The molecule has 1 aromatic carbocycles.